The molecule has 2 heterocycles. The maximum absolute atomic E-state index is 12.6. The lowest BCUT2D eigenvalue weighted by molar-refractivity contribution is 0.0678. The van der Waals surface area contributed by atoms with E-state index in [0.717, 1.165) is 42.8 Å². The van der Waals surface area contributed by atoms with E-state index in [1.165, 1.54) is 12.8 Å². The van der Waals surface area contributed by atoms with Crippen molar-refractivity contribution in [3.05, 3.63) is 59.8 Å². The number of anilines is 1. The number of aromatic nitrogens is 1. The zero-order chi connectivity index (χ0) is 17.8. The van der Waals surface area contributed by atoms with Crippen LogP contribution in [0.25, 0.3) is 0 Å². The van der Waals surface area contributed by atoms with Gasteiger partial charge in [0, 0.05) is 18.8 Å². The van der Waals surface area contributed by atoms with Crippen LogP contribution in [0.2, 0.25) is 0 Å². The molecule has 2 aliphatic rings. The molecule has 1 saturated carbocycles. The molecule has 0 bridgehead atoms. The maximum atomic E-state index is 12.6. The van der Waals surface area contributed by atoms with Crippen molar-refractivity contribution >= 4 is 11.9 Å². The molecule has 1 aliphatic carbocycles. The van der Waals surface area contributed by atoms with Crippen molar-refractivity contribution in [1.82, 2.24) is 9.88 Å². The second-order valence-electron chi connectivity index (χ2n) is 7.14. The Balaban J connectivity index is 1.41. The van der Waals surface area contributed by atoms with Crippen LogP contribution < -0.4 is 5.32 Å². The second kappa shape index (κ2) is 7.77. The van der Waals surface area contributed by atoms with Gasteiger partial charge in [0.15, 0.2) is 0 Å². The Kier molecular flexibility index (Phi) is 5.04. The molecular weight excluding hydrogens is 326 g/mol. The van der Waals surface area contributed by atoms with E-state index in [1.807, 2.05) is 47.5 Å². The van der Waals surface area contributed by atoms with Gasteiger partial charge in [-0.3, -0.25) is 0 Å². The molecule has 1 atom stereocenters. The van der Waals surface area contributed by atoms with Gasteiger partial charge < -0.3 is 15.0 Å². The van der Waals surface area contributed by atoms with Gasteiger partial charge in [-0.25, -0.2) is 9.78 Å². The highest BCUT2D eigenvalue weighted by atomic mass is 16.6. The zero-order valence-electron chi connectivity index (χ0n) is 14.9. The predicted molar refractivity (Wildman–Crippen MR) is 101 cm³/mol. The predicted octanol–water partition coefficient (Wildman–Crippen LogP) is 4.52. The summed E-state index contributed by atoms with van der Waals surface area (Å²) in [5.41, 5.74) is 2.09. The minimum absolute atomic E-state index is 0.0505. The third-order valence-electron chi connectivity index (χ3n) is 5.04. The summed E-state index contributed by atoms with van der Waals surface area (Å²) >= 11 is 0. The number of hydrogen-bond donors (Lipinski definition) is 1. The van der Waals surface area contributed by atoms with Crippen LogP contribution in [0.15, 0.2) is 48.7 Å². The van der Waals surface area contributed by atoms with Gasteiger partial charge in [-0.15, -0.1) is 0 Å². The highest BCUT2D eigenvalue weighted by Crippen LogP contribution is 2.32. The first-order valence-corrected chi connectivity index (χ1v) is 9.49. The van der Waals surface area contributed by atoms with Gasteiger partial charge in [-0.05, 0) is 49.3 Å². The van der Waals surface area contributed by atoms with Crippen molar-refractivity contribution in [3.8, 4) is 0 Å². The number of nitrogens with zero attached hydrogens (tertiary/aromatic N) is 2. The molecule has 1 N–H and O–H groups in total. The summed E-state index contributed by atoms with van der Waals surface area (Å²) in [6.45, 7) is 1.05. The van der Waals surface area contributed by atoms with Gasteiger partial charge in [-0.1, -0.05) is 36.4 Å². The largest absolute Gasteiger partial charge is 0.445 e. The molecule has 1 amide bonds. The number of pyridine rings is 1. The molecule has 5 heteroatoms. The summed E-state index contributed by atoms with van der Waals surface area (Å²) in [6.07, 6.45) is 7.22. The average molecular weight is 351 g/mol. The number of ether oxygens (including phenoxy) is 1. The average Bonchev–Trinajstić information content (AvgIpc) is 3.52. The van der Waals surface area contributed by atoms with Crippen LogP contribution in [-0.2, 0) is 11.3 Å². The standard InChI is InChI=1S/C21H25N3O2/c25-21(26-15-16-6-2-1-3-7-16)24-13-5-4-8-19(24)17-9-12-20(22-14-17)23-18-10-11-18/h1-3,6-7,9,12,14,18-19H,4-5,8,10-11,13,15H2,(H,22,23)/t19-/m0/s1. The number of nitrogens with one attached hydrogen (secondary N) is 1. The van der Waals surface area contributed by atoms with Crippen LogP contribution in [0.1, 0.15) is 49.3 Å². The van der Waals surface area contributed by atoms with E-state index in [9.17, 15) is 4.79 Å². The van der Waals surface area contributed by atoms with E-state index < -0.39 is 0 Å². The SMILES string of the molecule is O=C(OCc1ccccc1)N1CCCC[C@H]1c1ccc(NC2CC2)nc1. The fourth-order valence-corrected chi connectivity index (χ4v) is 3.42. The molecule has 1 aliphatic heterocycles. The minimum atomic E-state index is -0.237. The summed E-state index contributed by atoms with van der Waals surface area (Å²) in [5, 5.41) is 3.40. The van der Waals surface area contributed by atoms with Crippen LogP contribution in [0.3, 0.4) is 0 Å². The molecule has 5 nitrogen and oxygen atoms in total. The molecule has 2 fully saturated rings. The third-order valence-corrected chi connectivity index (χ3v) is 5.04. The number of piperidine rings is 1. The monoisotopic (exact) mass is 351 g/mol. The lowest BCUT2D eigenvalue weighted by Gasteiger charge is -2.35. The smallest absolute Gasteiger partial charge is 0.410 e. The lowest BCUT2D eigenvalue weighted by Crippen LogP contribution is -2.38. The number of carbonyl (C=O) groups is 1. The Morgan fingerprint density at radius 2 is 1.96 bits per heavy atom. The number of hydrogen-bond acceptors (Lipinski definition) is 4. The second-order valence-corrected chi connectivity index (χ2v) is 7.14. The normalized spacial score (nSPS) is 19.8. The van der Waals surface area contributed by atoms with Crippen LogP contribution in [0.4, 0.5) is 10.6 Å². The molecule has 2 aromatic rings. The molecular formula is C21H25N3O2. The molecule has 0 unspecified atom stereocenters. The van der Waals surface area contributed by atoms with Crippen molar-refractivity contribution in [2.45, 2.75) is 50.8 Å². The van der Waals surface area contributed by atoms with E-state index >= 15 is 0 Å². The number of amides is 1. The van der Waals surface area contributed by atoms with E-state index in [1.54, 1.807) is 0 Å². The van der Waals surface area contributed by atoms with Crippen LogP contribution in [-0.4, -0.2) is 28.6 Å². The third kappa shape index (κ3) is 4.15. The molecule has 136 valence electrons. The Labute approximate surface area is 154 Å². The van der Waals surface area contributed by atoms with Gasteiger partial charge in [0.25, 0.3) is 0 Å². The van der Waals surface area contributed by atoms with Gasteiger partial charge in [0.2, 0.25) is 0 Å². The Hall–Kier alpha value is -2.56. The lowest BCUT2D eigenvalue weighted by atomic mass is 9.97. The quantitative estimate of drug-likeness (QED) is 0.860. The van der Waals surface area contributed by atoms with Gasteiger partial charge in [0.1, 0.15) is 12.4 Å². The van der Waals surface area contributed by atoms with Gasteiger partial charge in [-0.2, -0.15) is 0 Å². The van der Waals surface area contributed by atoms with Crippen LogP contribution in [0.5, 0.6) is 0 Å². The highest BCUT2D eigenvalue weighted by Gasteiger charge is 2.29. The number of carbonyl (C=O) groups excluding carboxylic acids is 1. The summed E-state index contributed by atoms with van der Waals surface area (Å²) in [5.74, 6) is 0.922. The first kappa shape index (κ1) is 16.9. The van der Waals surface area contributed by atoms with E-state index in [0.29, 0.717) is 12.6 Å². The number of benzene rings is 1. The van der Waals surface area contributed by atoms with Crippen LogP contribution >= 0.6 is 0 Å². The Morgan fingerprint density at radius 1 is 1.12 bits per heavy atom. The van der Waals surface area contributed by atoms with Crippen molar-refractivity contribution in [1.29, 1.82) is 0 Å². The fourth-order valence-electron chi connectivity index (χ4n) is 3.42. The molecule has 4 rings (SSSR count). The van der Waals surface area contributed by atoms with Crippen molar-refractivity contribution in [3.63, 3.8) is 0 Å². The maximum Gasteiger partial charge on any atom is 0.410 e. The molecule has 0 radical (unpaired) electrons. The van der Waals surface area contributed by atoms with Gasteiger partial charge >= 0.3 is 6.09 Å². The fraction of sp³-hybridized carbons (Fsp3) is 0.429. The Morgan fingerprint density at radius 3 is 2.69 bits per heavy atom. The highest BCUT2D eigenvalue weighted by molar-refractivity contribution is 5.68. The van der Waals surface area contributed by atoms with E-state index in [4.69, 9.17) is 4.74 Å². The molecule has 1 aromatic heterocycles. The van der Waals surface area contributed by atoms with Crippen molar-refractivity contribution < 1.29 is 9.53 Å². The van der Waals surface area contributed by atoms with E-state index in [-0.39, 0.29) is 12.1 Å². The molecule has 0 spiro atoms. The first-order valence-electron chi connectivity index (χ1n) is 9.49. The van der Waals surface area contributed by atoms with Crippen molar-refractivity contribution in [2.24, 2.45) is 0 Å². The number of likely N-dealkylation sites (tertiary alicyclic amines) is 1. The van der Waals surface area contributed by atoms with Crippen LogP contribution in [0, 0.1) is 0 Å². The summed E-state index contributed by atoms with van der Waals surface area (Å²) in [6, 6.07) is 14.6. The summed E-state index contributed by atoms with van der Waals surface area (Å²) in [4.78, 5) is 19.0. The zero-order valence-corrected chi connectivity index (χ0v) is 14.9. The first-order chi connectivity index (χ1) is 12.8. The van der Waals surface area contributed by atoms with Crippen molar-refractivity contribution in [2.75, 3.05) is 11.9 Å². The topological polar surface area (TPSA) is 54.5 Å². The summed E-state index contributed by atoms with van der Waals surface area (Å²) < 4.78 is 5.56. The Bertz CT molecular complexity index is 729. The molecule has 1 aromatic carbocycles. The molecule has 1 saturated heterocycles. The number of rotatable bonds is 5. The summed E-state index contributed by atoms with van der Waals surface area (Å²) in [7, 11) is 0. The minimum Gasteiger partial charge on any atom is -0.445 e. The van der Waals surface area contributed by atoms with E-state index in [2.05, 4.69) is 16.4 Å². The van der Waals surface area contributed by atoms with Gasteiger partial charge in [0.05, 0.1) is 6.04 Å². The molecule has 26 heavy (non-hydrogen) atoms.